The van der Waals surface area contributed by atoms with E-state index in [9.17, 15) is 13.2 Å². The van der Waals surface area contributed by atoms with Gasteiger partial charge in [0.25, 0.3) is 15.9 Å². The van der Waals surface area contributed by atoms with Crippen molar-refractivity contribution < 1.29 is 22.4 Å². The van der Waals surface area contributed by atoms with E-state index >= 15 is 0 Å². The van der Waals surface area contributed by atoms with Gasteiger partial charge >= 0.3 is 0 Å². The number of nitrogens with zero attached hydrogens (tertiary/aromatic N) is 1. The lowest BCUT2D eigenvalue weighted by molar-refractivity contribution is -0.122. The number of sulfonamides is 1. The highest BCUT2D eigenvalue weighted by Crippen LogP contribution is 2.38. The topological polar surface area (TPSA) is 88.9 Å². The Morgan fingerprint density at radius 2 is 1.64 bits per heavy atom. The molecule has 0 saturated heterocycles. The number of hydrogen-bond donors (Lipinski definition) is 1. The van der Waals surface area contributed by atoms with Crippen LogP contribution in [0.4, 0.5) is 11.4 Å². The van der Waals surface area contributed by atoms with Crippen LogP contribution in [0.3, 0.4) is 0 Å². The van der Waals surface area contributed by atoms with Crippen LogP contribution in [-0.4, -0.2) is 27.0 Å². The number of ether oxygens (including phenoxy) is 1. The minimum absolute atomic E-state index is 0.147. The summed E-state index contributed by atoms with van der Waals surface area (Å²) in [7, 11) is -3.92. The minimum atomic E-state index is -3.92. The second-order valence-electron chi connectivity index (χ2n) is 8.73. The van der Waals surface area contributed by atoms with Gasteiger partial charge in [-0.05, 0) is 55.0 Å². The zero-order chi connectivity index (χ0) is 24.9. The van der Waals surface area contributed by atoms with Crippen molar-refractivity contribution in [2.24, 2.45) is 0 Å². The van der Waals surface area contributed by atoms with E-state index in [2.05, 4.69) is 5.32 Å². The molecule has 0 bridgehead atoms. The monoisotopic (exact) mass is 498 g/mol. The van der Waals surface area contributed by atoms with Crippen LogP contribution < -0.4 is 14.4 Å². The standard InChI is InChI=1S/C28H22N2O5S/c1-18-11-14-25-23(15-18)30(36(32,33)20-7-3-2-4-8-20)17-27(35-25)28(31)29-19-12-13-22-21-9-5-6-10-24(21)34-26(22)16-19/h2-16,27H,17H2,1H3,(H,29,31)/t27-/m0/s1. The molecule has 0 radical (unpaired) electrons. The first-order valence-electron chi connectivity index (χ1n) is 11.5. The number of aryl methyl sites for hydroxylation is 1. The molecule has 36 heavy (non-hydrogen) atoms. The molecule has 0 fully saturated rings. The van der Waals surface area contributed by atoms with Crippen molar-refractivity contribution in [1.29, 1.82) is 0 Å². The summed E-state index contributed by atoms with van der Waals surface area (Å²) in [4.78, 5) is 13.4. The van der Waals surface area contributed by atoms with Crippen LogP contribution in [0.15, 0.2) is 100 Å². The van der Waals surface area contributed by atoms with Crippen molar-refractivity contribution in [2.75, 3.05) is 16.2 Å². The van der Waals surface area contributed by atoms with Crippen molar-refractivity contribution in [3.63, 3.8) is 0 Å². The normalized spacial score (nSPS) is 15.5. The molecule has 7 nitrogen and oxygen atoms in total. The van der Waals surface area contributed by atoms with Crippen LogP contribution in [0.25, 0.3) is 21.9 Å². The van der Waals surface area contributed by atoms with E-state index in [0.29, 0.717) is 22.7 Å². The van der Waals surface area contributed by atoms with E-state index in [1.165, 1.54) is 16.4 Å². The Morgan fingerprint density at radius 1 is 0.889 bits per heavy atom. The average Bonchev–Trinajstić information content (AvgIpc) is 3.26. The lowest BCUT2D eigenvalue weighted by Gasteiger charge is -2.35. The zero-order valence-corrected chi connectivity index (χ0v) is 20.2. The molecule has 1 aliphatic rings. The van der Waals surface area contributed by atoms with Crippen molar-refractivity contribution >= 4 is 49.2 Å². The number of furan rings is 1. The maximum atomic E-state index is 13.5. The molecule has 4 aromatic carbocycles. The second-order valence-corrected chi connectivity index (χ2v) is 10.6. The molecule has 0 aliphatic carbocycles. The Morgan fingerprint density at radius 3 is 2.47 bits per heavy atom. The van der Waals surface area contributed by atoms with Crippen LogP contribution in [0.1, 0.15) is 5.56 Å². The third-order valence-corrected chi connectivity index (χ3v) is 8.05. The minimum Gasteiger partial charge on any atom is -0.476 e. The molecule has 1 aliphatic heterocycles. The van der Waals surface area contributed by atoms with Crippen molar-refractivity contribution in [1.82, 2.24) is 0 Å². The molecule has 1 aromatic heterocycles. The SMILES string of the molecule is Cc1ccc2c(c1)N(S(=O)(=O)c1ccccc1)C[C@@H](C(=O)Nc1ccc3c(c1)oc1ccccc13)O2. The molecule has 1 amide bonds. The van der Waals surface area contributed by atoms with Crippen LogP contribution in [0.2, 0.25) is 0 Å². The zero-order valence-electron chi connectivity index (χ0n) is 19.3. The molecule has 1 atom stereocenters. The lowest BCUT2D eigenvalue weighted by atomic mass is 10.1. The van der Waals surface area contributed by atoms with Gasteiger partial charge in [0.1, 0.15) is 16.9 Å². The average molecular weight is 499 g/mol. The maximum absolute atomic E-state index is 13.5. The van der Waals surface area contributed by atoms with Crippen LogP contribution >= 0.6 is 0 Å². The molecule has 1 N–H and O–H groups in total. The highest BCUT2D eigenvalue weighted by Gasteiger charge is 2.37. The van der Waals surface area contributed by atoms with Crippen LogP contribution in [-0.2, 0) is 14.8 Å². The summed E-state index contributed by atoms with van der Waals surface area (Å²) >= 11 is 0. The Labute approximate surface area is 208 Å². The van der Waals surface area contributed by atoms with Gasteiger partial charge in [-0.2, -0.15) is 0 Å². The number of amides is 1. The number of nitrogens with one attached hydrogen (secondary N) is 1. The molecule has 0 unspecified atom stereocenters. The highest BCUT2D eigenvalue weighted by atomic mass is 32.2. The number of rotatable bonds is 4. The van der Waals surface area contributed by atoms with Gasteiger partial charge in [-0.15, -0.1) is 0 Å². The fourth-order valence-corrected chi connectivity index (χ4v) is 5.96. The number of para-hydroxylation sites is 1. The number of fused-ring (bicyclic) bond motifs is 4. The van der Waals surface area contributed by atoms with Crippen LogP contribution in [0, 0.1) is 6.92 Å². The maximum Gasteiger partial charge on any atom is 0.267 e. The predicted octanol–water partition coefficient (Wildman–Crippen LogP) is 5.49. The first kappa shape index (κ1) is 22.2. The van der Waals surface area contributed by atoms with E-state index < -0.39 is 22.0 Å². The Hall–Kier alpha value is -4.30. The third kappa shape index (κ3) is 3.76. The first-order chi connectivity index (χ1) is 17.4. The first-order valence-corrected chi connectivity index (χ1v) is 12.9. The van der Waals surface area contributed by atoms with Gasteiger partial charge in [0, 0.05) is 22.5 Å². The molecule has 8 heteroatoms. The highest BCUT2D eigenvalue weighted by molar-refractivity contribution is 7.92. The Kier molecular flexibility index (Phi) is 5.19. The molecule has 2 heterocycles. The summed E-state index contributed by atoms with van der Waals surface area (Å²) < 4.78 is 40.2. The smallest absolute Gasteiger partial charge is 0.267 e. The molecular formula is C28H22N2O5S. The summed E-state index contributed by atoms with van der Waals surface area (Å²) in [5, 5.41) is 4.80. The number of hydrogen-bond acceptors (Lipinski definition) is 5. The van der Waals surface area contributed by atoms with E-state index in [1.54, 1.807) is 42.5 Å². The molecule has 180 valence electrons. The van der Waals surface area contributed by atoms with E-state index in [0.717, 1.165) is 21.9 Å². The Balaban J connectivity index is 1.32. The molecular weight excluding hydrogens is 476 g/mol. The molecule has 0 spiro atoms. The van der Waals surface area contributed by atoms with Gasteiger partial charge in [-0.3, -0.25) is 9.10 Å². The summed E-state index contributed by atoms with van der Waals surface area (Å²) in [5.74, 6) is -0.121. The van der Waals surface area contributed by atoms with E-state index in [1.807, 2.05) is 43.3 Å². The number of carbonyl (C=O) groups excluding carboxylic acids is 1. The van der Waals surface area contributed by atoms with Gasteiger partial charge in [-0.25, -0.2) is 8.42 Å². The lowest BCUT2D eigenvalue weighted by Crippen LogP contribution is -2.48. The summed E-state index contributed by atoms with van der Waals surface area (Å²) in [6.07, 6.45) is -1.05. The quantitative estimate of drug-likeness (QED) is 0.354. The molecule has 5 aromatic rings. The number of benzene rings is 4. The fraction of sp³-hybridized carbons (Fsp3) is 0.107. The van der Waals surface area contributed by atoms with Gasteiger partial charge in [-0.1, -0.05) is 42.5 Å². The summed E-state index contributed by atoms with van der Waals surface area (Å²) in [6, 6.07) is 26.6. The van der Waals surface area contributed by atoms with Gasteiger partial charge in [0.15, 0.2) is 6.10 Å². The summed E-state index contributed by atoms with van der Waals surface area (Å²) in [6.45, 7) is 1.72. The van der Waals surface area contributed by atoms with E-state index in [-0.39, 0.29) is 11.4 Å². The number of carbonyl (C=O) groups is 1. The molecule has 0 saturated carbocycles. The second kappa shape index (κ2) is 8.42. The van der Waals surface area contributed by atoms with E-state index in [4.69, 9.17) is 9.15 Å². The molecule has 6 rings (SSSR count). The number of anilines is 2. The van der Waals surface area contributed by atoms with Gasteiger partial charge < -0.3 is 14.5 Å². The summed E-state index contributed by atoms with van der Waals surface area (Å²) in [5.41, 5.74) is 3.23. The van der Waals surface area contributed by atoms with Gasteiger partial charge in [0.05, 0.1) is 17.1 Å². The Bertz CT molecular complexity index is 1730. The van der Waals surface area contributed by atoms with Crippen molar-refractivity contribution in [2.45, 2.75) is 17.9 Å². The van der Waals surface area contributed by atoms with Crippen molar-refractivity contribution in [3.8, 4) is 5.75 Å². The van der Waals surface area contributed by atoms with Crippen LogP contribution in [0.5, 0.6) is 5.75 Å². The van der Waals surface area contributed by atoms with Gasteiger partial charge in [0.2, 0.25) is 0 Å². The largest absolute Gasteiger partial charge is 0.476 e. The third-order valence-electron chi connectivity index (χ3n) is 6.25. The fourth-order valence-electron chi connectivity index (χ4n) is 4.47. The van der Waals surface area contributed by atoms with Crippen molar-refractivity contribution in [3.05, 3.63) is 96.6 Å². The predicted molar refractivity (Wildman–Crippen MR) is 139 cm³/mol.